The molecule has 0 aliphatic carbocycles. The van der Waals surface area contributed by atoms with Crippen molar-refractivity contribution >= 4 is 12.6 Å². The molecule has 0 unspecified atom stereocenters. The van der Waals surface area contributed by atoms with E-state index in [2.05, 4.69) is 12.6 Å². The summed E-state index contributed by atoms with van der Waals surface area (Å²) in [4.78, 5) is 0. The molecule has 0 aliphatic heterocycles. The van der Waals surface area contributed by atoms with Crippen LogP contribution in [0.15, 0.2) is 18.2 Å². The summed E-state index contributed by atoms with van der Waals surface area (Å²) in [6.45, 7) is 0. The fraction of sp³-hybridized carbons (Fsp3) is 0.400. The van der Waals surface area contributed by atoms with E-state index in [1.54, 1.807) is 19.2 Å². The van der Waals surface area contributed by atoms with Crippen LogP contribution in [0.1, 0.15) is 12.0 Å². The smallest absolute Gasteiger partial charge is 0.160 e. The first-order valence-electron chi connectivity index (χ1n) is 4.24. The van der Waals surface area contributed by atoms with Crippen LogP contribution in [0.4, 0.5) is 0 Å². The Morgan fingerprint density at radius 2 is 2.23 bits per heavy atom. The molecule has 13 heavy (non-hydrogen) atoms. The Kier molecular flexibility index (Phi) is 3.96. The maximum atomic E-state index is 9.45. The monoisotopic (exact) mass is 198 g/mol. The average Bonchev–Trinajstić information content (AvgIpc) is 2.15. The Bertz CT molecular complexity index is 274. The highest BCUT2D eigenvalue weighted by Crippen LogP contribution is 2.26. The molecule has 1 N–H and O–H groups in total. The van der Waals surface area contributed by atoms with Crippen molar-refractivity contribution in [3.8, 4) is 11.5 Å². The number of phenols is 1. The van der Waals surface area contributed by atoms with Gasteiger partial charge in [0.2, 0.25) is 0 Å². The zero-order valence-electron chi connectivity index (χ0n) is 7.66. The quantitative estimate of drug-likeness (QED) is 0.727. The number of aromatic hydroxyl groups is 1. The molecule has 0 fully saturated rings. The van der Waals surface area contributed by atoms with E-state index in [9.17, 15) is 5.11 Å². The lowest BCUT2D eigenvalue weighted by Gasteiger charge is -2.05. The van der Waals surface area contributed by atoms with Crippen molar-refractivity contribution in [3.05, 3.63) is 23.8 Å². The van der Waals surface area contributed by atoms with Gasteiger partial charge in [-0.3, -0.25) is 0 Å². The van der Waals surface area contributed by atoms with Crippen LogP contribution in [0.2, 0.25) is 0 Å². The predicted octanol–water partition coefficient (Wildman–Crippen LogP) is 2.26. The Morgan fingerprint density at radius 1 is 1.46 bits per heavy atom. The van der Waals surface area contributed by atoms with E-state index in [1.807, 2.05) is 6.07 Å². The maximum Gasteiger partial charge on any atom is 0.160 e. The van der Waals surface area contributed by atoms with E-state index in [1.165, 1.54) is 0 Å². The highest BCUT2D eigenvalue weighted by Gasteiger charge is 2.01. The molecule has 0 aromatic heterocycles. The van der Waals surface area contributed by atoms with Gasteiger partial charge < -0.3 is 9.84 Å². The van der Waals surface area contributed by atoms with E-state index < -0.39 is 0 Å². The number of ether oxygens (including phenoxy) is 1. The largest absolute Gasteiger partial charge is 0.504 e. The predicted molar refractivity (Wildman–Crippen MR) is 56.8 cm³/mol. The Balaban J connectivity index is 2.71. The van der Waals surface area contributed by atoms with Gasteiger partial charge in [0.05, 0.1) is 7.11 Å². The minimum Gasteiger partial charge on any atom is -0.504 e. The normalized spacial score (nSPS) is 10.0. The minimum absolute atomic E-state index is 0.208. The number of rotatable bonds is 4. The molecule has 0 saturated heterocycles. The number of hydrogen-bond acceptors (Lipinski definition) is 3. The second-order valence-electron chi connectivity index (χ2n) is 2.83. The summed E-state index contributed by atoms with van der Waals surface area (Å²) < 4.78 is 4.94. The van der Waals surface area contributed by atoms with E-state index in [4.69, 9.17) is 4.74 Å². The van der Waals surface area contributed by atoms with Gasteiger partial charge in [0.15, 0.2) is 11.5 Å². The molecule has 0 aliphatic rings. The average molecular weight is 198 g/mol. The number of thiol groups is 1. The third kappa shape index (κ3) is 2.84. The molecule has 3 heteroatoms. The summed E-state index contributed by atoms with van der Waals surface area (Å²) in [6.07, 6.45) is 1.97. The van der Waals surface area contributed by atoms with Crippen molar-refractivity contribution in [2.75, 3.05) is 12.9 Å². The van der Waals surface area contributed by atoms with E-state index in [-0.39, 0.29) is 5.75 Å². The lowest BCUT2D eigenvalue weighted by molar-refractivity contribution is 0.373. The van der Waals surface area contributed by atoms with Crippen LogP contribution in [0, 0.1) is 0 Å². The van der Waals surface area contributed by atoms with Gasteiger partial charge in [0, 0.05) is 0 Å². The lowest BCUT2D eigenvalue weighted by atomic mass is 10.1. The fourth-order valence-electron chi connectivity index (χ4n) is 1.17. The first-order valence-corrected chi connectivity index (χ1v) is 4.88. The standard InChI is InChI=1S/C10H14O2S/c1-12-10-5-4-8(3-2-6-13)7-9(10)11/h4-5,7,11,13H,2-3,6H2,1H3. The van der Waals surface area contributed by atoms with Gasteiger partial charge >= 0.3 is 0 Å². The third-order valence-electron chi connectivity index (χ3n) is 1.87. The second kappa shape index (κ2) is 5.02. The van der Waals surface area contributed by atoms with Crippen LogP contribution in [0.25, 0.3) is 0 Å². The van der Waals surface area contributed by atoms with E-state index >= 15 is 0 Å². The fourth-order valence-corrected chi connectivity index (χ4v) is 1.33. The Hall–Kier alpha value is -0.830. The first-order chi connectivity index (χ1) is 6.27. The topological polar surface area (TPSA) is 29.5 Å². The first kappa shape index (κ1) is 10.3. The molecule has 0 amide bonds. The molecule has 0 bridgehead atoms. The van der Waals surface area contributed by atoms with Crippen LogP contribution < -0.4 is 4.74 Å². The summed E-state index contributed by atoms with van der Waals surface area (Å²) in [7, 11) is 1.54. The van der Waals surface area contributed by atoms with E-state index in [0.717, 1.165) is 24.2 Å². The van der Waals surface area contributed by atoms with Crippen molar-refractivity contribution in [2.24, 2.45) is 0 Å². The molecule has 1 aromatic rings. The number of aryl methyl sites for hydroxylation is 1. The van der Waals surface area contributed by atoms with Crippen LogP contribution in [0.5, 0.6) is 11.5 Å². The zero-order chi connectivity index (χ0) is 9.68. The van der Waals surface area contributed by atoms with Crippen LogP contribution >= 0.6 is 12.6 Å². The molecule has 2 nitrogen and oxygen atoms in total. The van der Waals surface area contributed by atoms with Gasteiger partial charge in [0.1, 0.15) is 0 Å². The number of phenolic OH excluding ortho intramolecular Hbond substituents is 1. The molecule has 0 radical (unpaired) electrons. The van der Waals surface area contributed by atoms with Crippen LogP contribution in [0.3, 0.4) is 0 Å². The second-order valence-corrected chi connectivity index (χ2v) is 3.28. The lowest BCUT2D eigenvalue weighted by Crippen LogP contribution is -1.88. The highest BCUT2D eigenvalue weighted by molar-refractivity contribution is 7.80. The Morgan fingerprint density at radius 3 is 2.77 bits per heavy atom. The summed E-state index contributed by atoms with van der Waals surface area (Å²) >= 11 is 4.13. The molecular formula is C10H14O2S. The van der Waals surface area contributed by atoms with Crippen LogP contribution in [-0.4, -0.2) is 18.0 Å². The van der Waals surface area contributed by atoms with Crippen molar-refractivity contribution in [1.82, 2.24) is 0 Å². The molecular weight excluding hydrogens is 184 g/mol. The molecule has 0 atom stereocenters. The van der Waals surface area contributed by atoms with Gasteiger partial charge in [-0.2, -0.15) is 12.6 Å². The van der Waals surface area contributed by atoms with Gasteiger partial charge in [-0.15, -0.1) is 0 Å². The third-order valence-corrected chi connectivity index (χ3v) is 2.18. The zero-order valence-corrected chi connectivity index (χ0v) is 8.55. The Labute approximate surface area is 84.0 Å². The van der Waals surface area contributed by atoms with Crippen molar-refractivity contribution in [1.29, 1.82) is 0 Å². The van der Waals surface area contributed by atoms with Crippen molar-refractivity contribution in [3.63, 3.8) is 0 Å². The SMILES string of the molecule is COc1ccc(CCCS)cc1O. The highest BCUT2D eigenvalue weighted by atomic mass is 32.1. The van der Waals surface area contributed by atoms with Gasteiger partial charge in [-0.25, -0.2) is 0 Å². The molecule has 0 heterocycles. The molecule has 1 rings (SSSR count). The molecule has 0 spiro atoms. The van der Waals surface area contributed by atoms with Gasteiger partial charge in [-0.1, -0.05) is 6.07 Å². The summed E-state index contributed by atoms with van der Waals surface area (Å²) in [6, 6.07) is 5.48. The van der Waals surface area contributed by atoms with Gasteiger partial charge in [-0.05, 0) is 36.3 Å². The maximum absolute atomic E-state index is 9.45. The van der Waals surface area contributed by atoms with Crippen molar-refractivity contribution < 1.29 is 9.84 Å². The number of methoxy groups -OCH3 is 1. The molecule has 72 valence electrons. The molecule has 1 aromatic carbocycles. The number of benzene rings is 1. The van der Waals surface area contributed by atoms with E-state index in [0.29, 0.717) is 5.75 Å². The minimum atomic E-state index is 0.208. The summed E-state index contributed by atoms with van der Waals surface area (Å²) in [5.74, 6) is 1.60. The molecule has 0 saturated carbocycles. The number of hydrogen-bond donors (Lipinski definition) is 2. The van der Waals surface area contributed by atoms with Crippen LogP contribution in [-0.2, 0) is 6.42 Å². The summed E-state index contributed by atoms with van der Waals surface area (Å²) in [5, 5.41) is 9.45. The summed E-state index contributed by atoms with van der Waals surface area (Å²) in [5.41, 5.74) is 1.12. The van der Waals surface area contributed by atoms with Gasteiger partial charge in [0.25, 0.3) is 0 Å². The van der Waals surface area contributed by atoms with Crippen molar-refractivity contribution in [2.45, 2.75) is 12.8 Å².